The van der Waals surface area contributed by atoms with Crippen LogP contribution in [-0.4, -0.2) is 46.5 Å². The number of hydrogen-bond donors (Lipinski definition) is 3. The lowest BCUT2D eigenvalue weighted by molar-refractivity contribution is -0.204. The molecule has 0 aromatic heterocycles. The van der Waals surface area contributed by atoms with Gasteiger partial charge in [0.1, 0.15) is 12.1 Å². The molecule has 68 valence electrons. The zero-order chi connectivity index (χ0) is 9.14. The highest BCUT2D eigenvalue weighted by atomic mass is 16.6. The topological polar surface area (TPSA) is 119 Å². The Morgan fingerprint density at radius 2 is 2.08 bits per heavy atom. The molecule has 7 nitrogen and oxygen atoms in total. The Hall–Kier alpha value is -0.850. The van der Waals surface area contributed by atoms with E-state index in [2.05, 4.69) is 14.8 Å². The predicted octanol–water partition coefficient (Wildman–Crippen LogP) is -1.26. The summed E-state index contributed by atoms with van der Waals surface area (Å²) < 4.78 is 4.61. The van der Waals surface area contributed by atoms with Crippen LogP contribution in [0.4, 0.5) is 0 Å². The number of ether oxygens (including phenoxy) is 1. The minimum atomic E-state index is -1.35. The quantitative estimate of drug-likeness (QED) is 0.261. The van der Waals surface area contributed by atoms with Crippen LogP contribution in [0.2, 0.25) is 0 Å². The molecule has 0 aliphatic carbocycles. The normalized spacial score (nSPS) is 41.9. The standard InChI is InChI=1S/C5H9N3O4/c6-8-7-3-4(10)2(9)1-12-5(3)11/h2-5,9-11H,1H2/t2-,3+,4-,5+/m1/s1. The Bertz CT molecular complexity index is 205. The van der Waals surface area contributed by atoms with E-state index in [1.165, 1.54) is 0 Å². The van der Waals surface area contributed by atoms with Crippen molar-refractivity contribution in [1.29, 1.82) is 0 Å². The van der Waals surface area contributed by atoms with Crippen LogP contribution in [0.5, 0.6) is 0 Å². The highest BCUT2D eigenvalue weighted by Gasteiger charge is 2.37. The van der Waals surface area contributed by atoms with Gasteiger partial charge in [0.2, 0.25) is 0 Å². The average molecular weight is 175 g/mol. The zero-order valence-corrected chi connectivity index (χ0v) is 6.11. The van der Waals surface area contributed by atoms with Gasteiger partial charge in [-0.3, -0.25) is 0 Å². The fourth-order valence-electron chi connectivity index (χ4n) is 0.976. The molecule has 1 aliphatic heterocycles. The van der Waals surface area contributed by atoms with Gasteiger partial charge >= 0.3 is 0 Å². The SMILES string of the molecule is [N-]=[N+]=N[C@H]1[C@H](O)[C@H](O)CO[C@@H]1O. The van der Waals surface area contributed by atoms with Gasteiger partial charge in [-0.05, 0) is 5.53 Å². The first kappa shape index (κ1) is 9.24. The summed E-state index contributed by atoms with van der Waals surface area (Å²) >= 11 is 0. The van der Waals surface area contributed by atoms with Crippen molar-refractivity contribution in [2.45, 2.75) is 24.5 Å². The Kier molecular flexibility index (Phi) is 2.85. The average Bonchev–Trinajstić information content (AvgIpc) is 2.06. The molecule has 0 radical (unpaired) electrons. The van der Waals surface area contributed by atoms with Crippen molar-refractivity contribution in [3.63, 3.8) is 0 Å². The second-order valence-electron chi connectivity index (χ2n) is 2.48. The van der Waals surface area contributed by atoms with E-state index in [-0.39, 0.29) is 6.61 Å². The number of nitrogens with zero attached hydrogens (tertiary/aromatic N) is 3. The molecule has 4 atom stereocenters. The van der Waals surface area contributed by atoms with E-state index in [0.29, 0.717) is 0 Å². The summed E-state index contributed by atoms with van der Waals surface area (Å²) in [6.07, 6.45) is -3.74. The highest BCUT2D eigenvalue weighted by Crippen LogP contribution is 2.16. The van der Waals surface area contributed by atoms with Gasteiger partial charge in [-0.25, -0.2) is 0 Å². The monoisotopic (exact) mass is 175 g/mol. The third-order valence-corrected chi connectivity index (χ3v) is 1.66. The number of aliphatic hydroxyl groups is 3. The first-order valence-corrected chi connectivity index (χ1v) is 3.37. The second kappa shape index (κ2) is 3.70. The summed E-state index contributed by atoms with van der Waals surface area (Å²) in [5.74, 6) is 0. The fourth-order valence-corrected chi connectivity index (χ4v) is 0.976. The van der Waals surface area contributed by atoms with E-state index < -0.39 is 24.5 Å². The molecule has 3 N–H and O–H groups in total. The zero-order valence-electron chi connectivity index (χ0n) is 6.11. The molecule has 1 aliphatic rings. The summed E-state index contributed by atoms with van der Waals surface area (Å²) in [4.78, 5) is 2.41. The first-order valence-electron chi connectivity index (χ1n) is 3.37. The molecule has 1 rings (SSSR count). The van der Waals surface area contributed by atoms with E-state index in [9.17, 15) is 5.11 Å². The van der Waals surface area contributed by atoms with Gasteiger partial charge in [0, 0.05) is 4.91 Å². The second-order valence-corrected chi connectivity index (χ2v) is 2.48. The van der Waals surface area contributed by atoms with E-state index in [1.807, 2.05) is 0 Å². The maximum absolute atomic E-state index is 9.18. The lowest BCUT2D eigenvalue weighted by Gasteiger charge is -2.32. The molecule has 0 aromatic carbocycles. The van der Waals surface area contributed by atoms with Gasteiger partial charge < -0.3 is 20.1 Å². The van der Waals surface area contributed by atoms with E-state index in [4.69, 9.17) is 15.7 Å². The van der Waals surface area contributed by atoms with Crippen LogP contribution in [0.15, 0.2) is 5.11 Å². The van der Waals surface area contributed by atoms with Crippen molar-refractivity contribution in [3.8, 4) is 0 Å². The molecule has 0 amide bonds. The maximum Gasteiger partial charge on any atom is 0.165 e. The van der Waals surface area contributed by atoms with Crippen molar-refractivity contribution < 1.29 is 20.1 Å². The molecule has 0 bridgehead atoms. The van der Waals surface area contributed by atoms with Crippen LogP contribution < -0.4 is 0 Å². The van der Waals surface area contributed by atoms with Crippen LogP contribution in [0, 0.1) is 0 Å². The predicted molar refractivity (Wildman–Crippen MR) is 36.9 cm³/mol. The van der Waals surface area contributed by atoms with Gasteiger partial charge in [0.05, 0.1) is 12.7 Å². The van der Waals surface area contributed by atoms with E-state index in [1.54, 1.807) is 0 Å². The smallest absolute Gasteiger partial charge is 0.165 e. The summed E-state index contributed by atoms with van der Waals surface area (Å²) in [5.41, 5.74) is 8.04. The molecule has 0 unspecified atom stereocenters. The third kappa shape index (κ3) is 1.66. The van der Waals surface area contributed by atoms with Crippen molar-refractivity contribution in [3.05, 3.63) is 10.4 Å². The fraction of sp³-hybridized carbons (Fsp3) is 1.00. The minimum Gasteiger partial charge on any atom is -0.390 e. The molecule has 1 fully saturated rings. The third-order valence-electron chi connectivity index (χ3n) is 1.66. The van der Waals surface area contributed by atoms with Crippen LogP contribution in [0.1, 0.15) is 0 Å². The lowest BCUT2D eigenvalue weighted by atomic mass is 10.0. The molecule has 12 heavy (non-hydrogen) atoms. The number of azide groups is 1. The highest BCUT2D eigenvalue weighted by molar-refractivity contribution is 4.87. The molecular formula is C5H9N3O4. The maximum atomic E-state index is 9.18. The van der Waals surface area contributed by atoms with Crippen molar-refractivity contribution in [1.82, 2.24) is 0 Å². The van der Waals surface area contributed by atoms with E-state index in [0.717, 1.165) is 0 Å². The number of aliphatic hydroxyl groups excluding tert-OH is 3. The van der Waals surface area contributed by atoms with Crippen LogP contribution in [0.25, 0.3) is 10.4 Å². The molecule has 0 aromatic rings. The largest absolute Gasteiger partial charge is 0.390 e. The van der Waals surface area contributed by atoms with Crippen molar-refractivity contribution in [2.75, 3.05) is 6.61 Å². The number of rotatable bonds is 1. The molecule has 1 saturated heterocycles. The Morgan fingerprint density at radius 3 is 2.67 bits per heavy atom. The van der Waals surface area contributed by atoms with Crippen LogP contribution in [-0.2, 0) is 4.74 Å². The summed E-state index contributed by atoms with van der Waals surface area (Å²) in [6, 6.07) is -1.14. The van der Waals surface area contributed by atoms with Crippen molar-refractivity contribution >= 4 is 0 Å². The van der Waals surface area contributed by atoms with Gasteiger partial charge in [-0.2, -0.15) is 0 Å². The molecular weight excluding hydrogens is 166 g/mol. The number of hydrogen-bond acceptors (Lipinski definition) is 5. The van der Waals surface area contributed by atoms with Gasteiger partial charge in [-0.1, -0.05) is 5.11 Å². The summed E-state index contributed by atoms with van der Waals surface area (Å²) in [7, 11) is 0. The van der Waals surface area contributed by atoms with Crippen LogP contribution >= 0.6 is 0 Å². The van der Waals surface area contributed by atoms with Crippen molar-refractivity contribution in [2.24, 2.45) is 5.11 Å². The molecule has 0 saturated carbocycles. The molecule has 1 heterocycles. The molecule has 7 heteroatoms. The van der Waals surface area contributed by atoms with Gasteiger partial charge in [0.15, 0.2) is 6.29 Å². The minimum absolute atomic E-state index is 0.167. The van der Waals surface area contributed by atoms with Gasteiger partial charge in [-0.15, -0.1) is 0 Å². The van der Waals surface area contributed by atoms with Gasteiger partial charge in [0.25, 0.3) is 0 Å². The Balaban J connectivity index is 2.71. The Labute approximate surface area is 67.8 Å². The Morgan fingerprint density at radius 1 is 1.42 bits per heavy atom. The summed E-state index contributed by atoms with van der Waals surface area (Å²) in [6.45, 7) is -0.167. The summed E-state index contributed by atoms with van der Waals surface area (Å²) in [5, 5.41) is 30.3. The first-order chi connectivity index (χ1) is 5.66. The molecule has 0 spiro atoms. The lowest BCUT2D eigenvalue weighted by Crippen LogP contribution is -2.51. The van der Waals surface area contributed by atoms with E-state index >= 15 is 0 Å². The van der Waals surface area contributed by atoms with Crippen LogP contribution in [0.3, 0.4) is 0 Å².